The molecule has 63 heavy (non-hydrogen) atoms. The molecule has 0 fully saturated rings. The summed E-state index contributed by atoms with van der Waals surface area (Å²) >= 11 is 1.74. The Bertz CT molecular complexity index is 3700. The fourth-order valence-electron chi connectivity index (χ4n) is 8.94. The lowest BCUT2D eigenvalue weighted by molar-refractivity contribution is 0.899. The van der Waals surface area contributed by atoms with Gasteiger partial charge in [0.05, 0.1) is 26.9 Å². The van der Waals surface area contributed by atoms with Crippen LogP contribution in [0.25, 0.3) is 92.0 Å². The van der Waals surface area contributed by atoms with Crippen molar-refractivity contribution in [3.8, 4) is 11.1 Å². The molecule has 0 aliphatic rings. The molecule has 0 aliphatic carbocycles. The molecule has 11 rings (SSSR count). The molecule has 3 N–H and O–H groups in total. The number of nitrogens with one attached hydrogen (secondary N) is 1. The van der Waals surface area contributed by atoms with Gasteiger partial charge in [-0.15, -0.1) is 11.3 Å². The van der Waals surface area contributed by atoms with E-state index in [0.29, 0.717) is 12.4 Å². The summed E-state index contributed by atoms with van der Waals surface area (Å²) in [6, 6.07) is 61.2. The van der Waals surface area contributed by atoms with E-state index in [1.54, 1.807) is 11.3 Å². The van der Waals surface area contributed by atoms with Crippen LogP contribution < -0.4 is 5.73 Å². The van der Waals surface area contributed by atoms with Crippen LogP contribution >= 0.6 is 11.3 Å². The van der Waals surface area contributed by atoms with Crippen molar-refractivity contribution < 1.29 is 0 Å². The lowest BCUT2D eigenvalue weighted by Gasteiger charge is -2.11. The van der Waals surface area contributed by atoms with E-state index >= 15 is 0 Å². The van der Waals surface area contributed by atoms with Gasteiger partial charge in [-0.05, 0) is 95.1 Å². The summed E-state index contributed by atoms with van der Waals surface area (Å²) in [4.78, 5) is 9.62. The second-order valence-corrected chi connectivity index (χ2v) is 16.7. The zero-order chi connectivity index (χ0) is 42.4. The molecule has 4 heterocycles. The summed E-state index contributed by atoms with van der Waals surface area (Å²) in [5.41, 5.74) is 19.5. The number of nitrogens with two attached hydrogens (primary N) is 1. The number of allylic oxidation sites excluding steroid dienone is 4. The quantitative estimate of drug-likeness (QED) is 0.0817. The lowest BCUT2D eigenvalue weighted by Crippen LogP contribution is -2.13. The maximum absolute atomic E-state index is 8.47. The molecule has 0 spiro atoms. The average molecular weight is 829 g/mol. The van der Waals surface area contributed by atoms with Crippen molar-refractivity contribution >= 4 is 104 Å². The Hall–Kier alpha value is -8.13. The second kappa shape index (κ2) is 15.7. The Morgan fingerprint density at radius 2 is 1.22 bits per heavy atom. The van der Waals surface area contributed by atoms with Crippen molar-refractivity contribution in [2.24, 2.45) is 10.7 Å². The van der Waals surface area contributed by atoms with Gasteiger partial charge in [0.25, 0.3) is 0 Å². The second-order valence-electron chi connectivity index (χ2n) is 15.7. The van der Waals surface area contributed by atoms with Crippen LogP contribution in [0.1, 0.15) is 16.7 Å². The number of hydrogen-bond acceptors (Lipinski definition) is 4. The standard InChI is InChI=1S/C56H40N6S/c1-36(31-42(35-57)41-24-27-53-47(34-41)55-54(63-53)21-12-29-59-55)62-51-20-11-9-18-44(51)46-33-40(23-26-52(46)62)39-22-25-50-45(32-39)43-17-8-10-19-49(43)61(50)30-28-48(37-13-4-2-5-14-37)60-56(58)38-15-6-3-7-16-38/h2-29,31-35,57H,1,30H2,(H2,58,60)/b42-31+,48-28-,57-35?. The summed E-state index contributed by atoms with van der Waals surface area (Å²) in [7, 11) is 0. The highest BCUT2D eigenvalue weighted by Gasteiger charge is 2.17. The van der Waals surface area contributed by atoms with Crippen molar-refractivity contribution in [3.05, 3.63) is 218 Å². The fraction of sp³-hybridized carbons (Fsp3) is 0.0179. The maximum Gasteiger partial charge on any atom is 0.131 e. The van der Waals surface area contributed by atoms with Gasteiger partial charge in [-0.2, -0.15) is 0 Å². The van der Waals surface area contributed by atoms with Gasteiger partial charge in [-0.1, -0.05) is 122 Å². The number of nitrogens with zero attached hydrogens (tertiary/aromatic N) is 4. The van der Waals surface area contributed by atoms with E-state index in [2.05, 4.69) is 148 Å². The van der Waals surface area contributed by atoms with E-state index in [-0.39, 0.29) is 0 Å². The van der Waals surface area contributed by atoms with Crippen molar-refractivity contribution in [3.63, 3.8) is 0 Å². The molecule has 7 aromatic carbocycles. The topological polar surface area (TPSA) is 85.0 Å². The van der Waals surface area contributed by atoms with Crippen LogP contribution in [0, 0.1) is 5.41 Å². The van der Waals surface area contributed by atoms with Crippen LogP contribution in [0.15, 0.2) is 206 Å². The monoisotopic (exact) mass is 828 g/mol. The van der Waals surface area contributed by atoms with E-state index in [0.717, 1.165) is 93.2 Å². The van der Waals surface area contributed by atoms with E-state index in [4.69, 9.17) is 16.1 Å². The minimum Gasteiger partial charge on any atom is -0.383 e. The third-order valence-corrected chi connectivity index (χ3v) is 13.1. The normalized spacial score (nSPS) is 12.7. The Kier molecular flexibility index (Phi) is 9.44. The number of para-hydroxylation sites is 2. The first-order valence-corrected chi connectivity index (χ1v) is 21.7. The largest absolute Gasteiger partial charge is 0.383 e. The van der Waals surface area contributed by atoms with Crippen molar-refractivity contribution in [1.29, 1.82) is 5.41 Å². The van der Waals surface area contributed by atoms with Crippen LogP contribution in [0.5, 0.6) is 0 Å². The fourth-order valence-corrected chi connectivity index (χ4v) is 9.98. The molecule has 7 heteroatoms. The number of thiophene rings is 1. The minimum atomic E-state index is 0.480. The van der Waals surface area contributed by atoms with Gasteiger partial charge in [0, 0.05) is 78.5 Å². The Morgan fingerprint density at radius 3 is 1.97 bits per heavy atom. The average Bonchev–Trinajstić information content (AvgIpc) is 3.99. The van der Waals surface area contributed by atoms with Gasteiger partial charge < -0.3 is 20.3 Å². The molecule has 0 saturated heterocycles. The number of aromatic nitrogens is 3. The predicted octanol–water partition coefficient (Wildman–Crippen LogP) is 14.0. The summed E-state index contributed by atoms with van der Waals surface area (Å²) in [6.07, 6.45) is 7.44. The summed E-state index contributed by atoms with van der Waals surface area (Å²) in [5, 5.41) is 14.2. The number of amidine groups is 1. The molecule has 0 radical (unpaired) electrons. The SMILES string of the molecule is C=C(/C=C(\C=N)c1ccc2sc3cccnc3c2c1)n1c2ccccc2c2cc(-c3ccc4c(c3)c3ccccc3n4C/C=C(\N=C(N)c3ccccc3)c3ccccc3)ccc21. The highest BCUT2D eigenvalue weighted by Crippen LogP contribution is 2.39. The first-order chi connectivity index (χ1) is 31.0. The Morgan fingerprint density at radius 1 is 0.603 bits per heavy atom. The van der Waals surface area contributed by atoms with Crippen LogP contribution in [0.2, 0.25) is 0 Å². The van der Waals surface area contributed by atoms with E-state index in [9.17, 15) is 0 Å². The summed E-state index contributed by atoms with van der Waals surface area (Å²) < 4.78 is 6.91. The molecule has 0 unspecified atom stereocenters. The van der Waals surface area contributed by atoms with Crippen LogP contribution in [0.4, 0.5) is 0 Å². The molecule has 0 aliphatic heterocycles. The summed E-state index contributed by atoms with van der Waals surface area (Å²) in [5.74, 6) is 0.480. The Balaban J connectivity index is 0.972. The molecular weight excluding hydrogens is 789 g/mol. The molecule has 0 bridgehead atoms. The minimum absolute atomic E-state index is 0.480. The van der Waals surface area contributed by atoms with Gasteiger partial charge in [0.15, 0.2) is 0 Å². The van der Waals surface area contributed by atoms with Crippen LogP contribution in [0.3, 0.4) is 0 Å². The van der Waals surface area contributed by atoms with Gasteiger partial charge >= 0.3 is 0 Å². The smallest absolute Gasteiger partial charge is 0.131 e. The van der Waals surface area contributed by atoms with Crippen LogP contribution in [-0.4, -0.2) is 26.2 Å². The number of fused-ring (bicyclic) bond motifs is 9. The molecule has 300 valence electrons. The van der Waals surface area contributed by atoms with Gasteiger partial charge in [0.1, 0.15) is 5.84 Å². The van der Waals surface area contributed by atoms with Gasteiger partial charge in [-0.3, -0.25) is 4.98 Å². The third kappa shape index (κ3) is 6.72. The van der Waals surface area contributed by atoms with Crippen molar-refractivity contribution in [2.75, 3.05) is 0 Å². The van der Waals surface area contributed by atoms with Crippen molar-refractivity contribution in [2.45, 2.75) is 6.54 Å². The zero-order valence-corrected chi connectivity index (χ0v) is 35.1. The van der Waals surface area contributed by atoms with E-state index in [1.165, 1.54) is 21.7 Å². The molecule has 4 aromatic heterocycles. The third-order valence-electron chi connectivity index (χ3n) is 11.9. The number of pyridine rings is 1. The molecule has 0 saturated carbocycles. The molecule has 0 atom stereocenters. The molecule has 6 nitrogen and oxygen atoms in total. The highest BCUT2D eigenvalue weighted by atomic mass is 32.1. The molecule has 11 aromatic rings. The highest BCUT2D eigenvalue weighted by molar-refractivity contribution is 7.25. The molecule has 0 amide bonds. The first kappa shape index (κ1) is 37.8. The number of aliphatic imine (C=N–C) groups is 1. The van der Waals surface area contributed by atoms with E-state index in [1.807, 2.05) is 66.9 Å². The zero-order valence-electron chi connectivity index (χ0n) is 34.2. The predicted molar refractivity (Wildman–Crippen MR) is 269 cm³/mol. The van der Waals surface area contributed by atoms with E-state index < -0.39 is 0 Å². The number of benzene rings is 7. The van der Waals surface area contributed by atoms with Gasteiger partial charge in [0.2, 0.25) is 0 Å². The van der Waals surface area contributed by atoms with Gasteiger partial charge in [-0.25, -0.2) is 4.99 Å². The number of rotatable bonds is 10. The van der Waals surface area contributed by atoms with Crippen LogP contribution in [-0.2, 0) is 6.54 Å². The summed E-state index contributed by atoms with van der Waals surface area (Å²) in [6.45, 7) is 5.19. The number of hydrogen-bond donors (Lipinski definition) is 2. The Labute approximate surface area is 368 Å². The van der Waals surface area contributed by atoms with Crippen molar-refractivity contribution in [1.82, 2.24) is 14.1 Å². The molecular formula is C56H40N6S. The maximum atomic E-state index is 8.47. The first-order valence-electron chi connectivity index (χ1n) is 20.9. The lowest BCUT2D eigenvalue weighted by atomic mass is 10.0.